The van der Waals surface area contributed by atoms with Gasteiger partial charge in [-0.3, -0.25) is 15.1 Å². The number of aromatic nitrogens is 1. The Morgan fingerprint density at radius 2 is 2.42 bits per heavy atom. The van der Waals surface area contributed by atoms with Crippen LogP contribution in [0.3, 0.4) is 0 Å². The summed E-state index contributed by atoms with van der Waals surface area (Å²) in [6.07, 6.45) is 2.66. The molecule has 1 heterocycles. The van der Waals surface area contributed by atoms with Crippen LogP contribution in [0, 0.1) is 17.0 Å². The van der Waals surface area contributed by atoms with Crippen LogP contribution < -0.4 is 5.32 Å². The Morgan fingerprint density at radius 3 is 3.00 bits per heavy atom. The van der Waals surface area contributed by atoms with Gasteiger partial charge in [0, 0.05) is 29.8 Å². The zero-order valence-corrected chi connectivity index (χ0v) is 11.9. The van der Waals surface area contributed by atoms with Crippen LogP contribution >= 0.6 is 11.8 Å². The first-order chi connectivity index (χ1) is 9.13. The molecule has 0 aliphatic rings. The van der Waals surface area contributed by atoms with Gasteiger partial charge in [-0.15, -0.1) is 0 Å². The Morgan fingerprint density at radius 1 is 1.63 bits per heavy atom. The molecule has 0 bridgehead atoms. The highest BCUT2D eigenvalue weighted by molar-refractivity contribution is 7.99. The van der Waals surface area contributed by atoms with Gasteiger partial charge in [0.15, 0.2) is 5.84 Å². The van der Waals surface area contributed by atoms with E-state index in [4.69, 9.17) is 4.52 Å². The first-order valence-corrected chi connectivity index (χ1v) is 7.08. The van der Waals surface area contributed by atoms with E-state index in [1.54, 1.807) is 25.0 Å². The largest absolute Gasteiger partial charge is 0.368 e. The molecule has 1 aromatic rings. The number of aryl methyl sites for hydroxylation is 2. The van der Waals surface area contributed by atoms with Gasteiger partial charge >= 0.3 is 0 Å². The molecule has 7 nitrogen and oxygen atoms in total. The van der Waals surface area contributed by atoms with E-state index >= 15 is 0 Å². The predicted molar refractivity (Wildman–Crippen MR) is 75.5 cm³/mol. The van der Waals surface area contributed by atoms with Gasteiger partial charge in [0.1, 0.15) is 5.76 Å². The van der Waals surface area contributed by atoms with Crippen molar-refractivity contribution in [1.29, 1.82) is 0 Å². The van der Waals surface area contributed by atoms with Gasteiger partial charge in [0.2, 0.25) is 0 Å². The van der Waals surface area contributed by atoms with Gasteiger partial charge in [0.25, 0.3) is 6.54 Å². The molecule has 0 saturated carbocycles. The Hall–Kier alpha value is -1.57. The van der Waals surface area contributed by atoms with Crippen molar-refractivity contribution < 1.29 is 9.45 Å². The van der Waals surface area contributed by atoms with Crippen molar-refractivity contribution >= 4 is 17.6 Å². The monoisotopic (exact) mass is 286 g/mol. The van der Waals surface area contributed by atoms with Crippen molar-refractivity contribution in [3.05, 3.63) is 27.6 Å². The molecule has 1 N–H and O–H groups in total. The van der Waals surface area contributed by atoms with Gasteiger partial charge in [-0.25, -0.2) is 0 Å². The van der Waals surface area contributed by atoms with Crippen LogP contribution in [-0.4, -0.2) is 47.6 Å². The summed E-state index contributed by atoms with van der Waals surface area (Å²) in [5, 5.41) is 17.0. The maximum Gasteiger partial charge on any atom is 0.259 e. The van der Waals surface area contributed by atoms with Crippen molar-refractivity contribution in [2.75, 3.05) is 31.6 Å². The summed E-state index contributed by atoms with van der Waals surface area (Å²) >= 11 is 1.77. The normalized spacial score (nSPS) is 11.6. The quantitative estimate of drug-likeness (QED) is 0.253. The van der Waals surface area contributed by atoms with E-state index in [1.807, 2.05) is 6.92 Å². The second kappa shape index (κ2) is 8.52. The third-order valence-corrected chi connectivity index (χ3v) is 3.48. The van der Waals surface area contributed by atoms with Gasteiger partial charge in [-0.05, 0) is 19.1 Å². The zero-order valence-electron chi connectivity index (χ0n) is 11.1. The highest BCUT2D eigenvalue weighted by Gasteiger charge is 2.05. The first-order valence-electron chi connectivity index (χ1n) is 5.92. The number of nitrogens with one attached hydrogen (secondary N) is 1. The molecule has 0 aliphatic heterocycles. The Kier molecular flexibility index (Phi) is 6.94. The van der Waals surface area contributed by atoms with Crippen molar-refractivity contribution in [3.63, 3.8) is 0 Å². The minimum atomic E-state index is -0.392. The van der Waals surface area contributed by atoms with Gasteiger partial charge in [-0.1, -0.05) is 5.16 Å². The number of aliphatic imine (C=N–C) groups is 1. The van der Waals surface area contributed by atoms with Gasteiger partial charge in [0.05, 0.1) is 6.20 Å². The molecular weight excluding hydrogens is 268 g/mol. The molecule has 0 unspecified atom stereocenters. The molecule has 0 fully saturated rings. The van der Waals surface area contributed by atoms with E-state index in [0.29, 0.717) is 12.4 Å². The van der Waals surface area contributed by atoms with Gasteiger partial charge in [-0.2, -0.15) is 11.8 Å². The molecule has 0 aliphatic carbocycles. The van der Waals surface area contributed by atoms with E-state index in [1.165, 1.54) is 0 Å². The first kappa shape index (κ1) is 15.5. The maximum absolute atomic E-state index is 10.3. The molecule has 0 spiro atoms. The van der Waals surface area contributed by atoms with Gasteiger partial charge < -0.3 is 9.84 Å². The molecular formula is C11H18N4O3S. The minimum Gasteiger partial charge on any atom is -0.368 e. The maximum atomic E-state index is 10.3. The molecule has 8 heteroatoms. The van der Waals surface area contributed by atoms with Crippen LogP contribution in [0.1, 0.15) is 11.3 Å². The van der Waals surface area contributed by atoms with E-state index in [9.17, 15) is 10.1 Å². The molecule has 1 rings (SSSR count). The lowest BCUT2D eigenvalue weighted by Crippen LogP contribution is -2.31. The fraction of sp³-hybridized carbons (Fsp3) is 0.636. The Labute approximate surface area is 116 Å². The van der Waals surface area contributed by atoms with Crippen molar-refractivity contribution in [1.82, 2.24) is 10.5 Å². The lowest BCUT2D eigenvalue weighted by molar-refractivity contribution is -0.463. The molecule has 1 aromatic heterocycles. The van der Waals surface area contributed by atoms with Crippen LogP contribution in [-0.2, 0) is 6.42 Å². The van der Waals surface area contributed by atoms with E-state index in [0.717, 1.165) is 29.3 Å². The van der Waals surface area contributed by atoms with E-state index < -0.39 is 4.92 Å². The number of nitro groups is 1. The van der Waals surface area contributed by atoms with Crippen LogP contribution in [0.4, 0.5) is 0 Å². The molecule has 0 radical (unpaired) electrons. The standard InChI is InChI=1S/C11H18N4O3S/c1-9-10(7-14-18-9)3-5-19-6-4-13-11(12-2)8-15(16)17/h7H,3-6,8H2,1-2H3,(H,12,13). The number of rotatable bonds is 8. The fourth-order valence-electron chi connectivity index (χ4n) is 1.44. The highest BCUT2D eigenvalue weighted by Crippen LogP contribution is 2.10. The lowest BCUT2D eigenvalue weighted by Gasteiger charge is -2.05. The number of amidine groups is 1. The average Bonchev–Trinajstić information content (AvgIpc) is 2.77. The van der Waals surface area contributed by atoms with Crippen molar-refractivity contribution in [2.45, 2.75) is 13.3 Å². The molecule has 0 saturated heterocycles. The van der Waals surface area contributed by atoms with Crippen LogP contribution in [0.5, 0.6) is 0 Å². The number of nitrogens with zero attached hydrogens (tertiary/aromatic N) is 3. The number of thioether (sulfide) groups is 1. The Balaban J connectivity index is 2.08. The molecule has 106 valence electrons. The smallest absolute Gasteiger partial charge is 0.259 e. The van der Waals surface area contributed by atoms with Crippen LogP contribution in [0.25, 0.3) is 0 Å². The molecule has 0 aromatic carbocycles. The Bertz CT molecular complexity index is 433. The molecule has 19 heavy (non-hydrogen) atoms. The summed E-state index contributed by atoms with van der Waals surface area (Å²) in [6, 6.07) is 0. The summed E-state index contributed by atoms with van der Waals surface area (Å²) in [5.74, 6) is 3.13. The topological polar surface area (TPSA) is 93.6 Å². The summed E-state index contributed by atoms with van der Waals surface area (Å²) in [6.45, 7) is 2.32. The van der Waals surface area contributed by atoms with Crippen molar-refractivity contribution in [3.8, 4) is 0 Å². The second-order valence-corrected chi connectivity index (χ2v) is 5.08. The SMILES string of the molecule is CN=C(C[N+](=O)[O-])NCCSCCc1cnoc1C. The molecule has 0 atom stereocenters. The zero-order chi connectivity index (χ0) is 14.1. The third-order valence-electron chi connectivity index (χ3n) is 2.49. The summed E-state index contributed by atoms with van der Waals surface area (Å²) in [5.41, 5.74) is 1.13. The predicted octanol–water partition coefficient (Wildman–Crippen LogP) is 1.15. The van der Waals surface area contributed by atoms with E-state index in [2.05, 4.69) is 15.5 Å². The number of hydrogen-bond donors (Lipinski definition) is 1. The minimum absolute atomic E-state index is 0.249. The average molecular weight is 286 g/mol. The van der Waals surface area contributed by atoms with E-state index in [-0.39, 0.29) is 6.54 Å². The fourth-order valence-corrected chi connectivity index (χ4v) is 2.25. The number of hydrogen-bond acceptors (Lipinski definition) is 6. The third kappa shape index (κ3) is 6.23. The van der Waals surface area contributed by atoms with Crippen molar-refractivity contribution in [2.24, 2.45) is 4.99 Å². The molecule has 0 amide bonds. The highest BCUT2D eigenvalue weighted by atomic mass is 32.2. The summed E-state index contributed by atoms with van der Waals surface area (Å²) in [4.78, 5) is 13.8. The van der Waals surface area contributed by atoms with Crippen LogP contribution in [0.15, 0.2) is 15.7 Å². The second-order valence-electron chi connectivity index (χ2n) is 3.86. The summed E-state index contributed by atoms with van der Waals surface area (Å²) in [7, 11) is 1.55. The summed E-state index contributed by atoms with van der Waals surface area (Å²) < 4.78 is 4.97. The lowest BCUT2D eigenvalue weighted by atomic mass is 10.2. The van der Waals surface area contributed by atoms with Crippen LogP contribution in [0.2, 0.25) is 0 Å².